The summed E-state index contributed by atoms with van der Waals surface area (Å²) in [6, 6.07) is 7.73. The fourth-order valence-electron chi connectivity index (χ4n) is 3.27. The Bertz CT molecular complexity index is 847. The van der Waals surface area contributed by atoms with Crippen LogP contribution in [0.5, 0.6) is 0 Å². The zero-order valence-corrected chi connectivity index (χ0v) is 18.4. The number of hydrogen-bond acceptors (Lipinski definition) is 5. The van der Waals surface area contributed by atoms with E-state index in [4.69, 9.17) is 11.6 Å². The number of hydrogen-bond donors (Lipinski definition) is 1. The first-order valence-corrected chi connectivity index (χ1v) is 11.1. The molecule has 1 aliphatic heterocycles. The monoisotopic (exact) mass is 434 g/mol. The fraction of sp³-hybridized carbons (Fsp3) is 0.476. The number of piperazine rings is 1. The number of benzene rings is 1. The van der Waals surface area contributed by atoms with Crippen LogP contribution in [0.4, 0.5) is 5.13 Å². The van der Waals surface area contributed by atoms with E-state index in [1.54, 1.807) is 6.20 Å². The Morgan fingerprint density at radius 2 is 1.93 bits per heavy atom. The number of anilines is 1. The minimum absolute atomic E-state index is 0.0781. The van der Waals surface area contributed by atoms with E-state index in [2.05, 4.69) is 29.0 Å². The molecule has 0 unspecified atom stereocenters. The molecular formula is C21H27ClN4O2S. The fourth-order valence-corrected chi connectivity index (χ4v) is 4.33. The molecule has 0 atom stereocenters. The molecule has 0 bridgehead atoms. The number of nitrogens with zero attached hydrogens (tertiary/aromatic N) is 3. The van der Waals surface area contributed by atoms with E-state index in [1.165, 1.54) is 11.3 Å². The molecule has 8 heteroatoms. The lowest BCUT2D eigenvalue weighted by Gasteiger charge is -2.34. The van der Waals surface area contributed by atoms with Gasteiger partial charge in [-0.05, 0) is 17.5 Å². The molecule has 0 saturated carbocycles. The molecule has 3 rings (SSSR count). The molecule has 1 aliphatic rings. The topological polar surface area (TPSA) is 65.5 Å². The first-order valence-electron chi connectivity index (χ1n) is 9.89. The van der Waals surface area contributed by atoms with Crippen molar-refractivity contribution in [3.05, 3.63) is 45.9 Å². The number of carbonyl (C=O) groups excluding carboxylic acids is 2. The average Bonchev–Trinajstić information content (AvgIpc) is 3.10. The Morgan fingerprint density at radius 1 is 1.21 bits per heavy atom. The molecule has 6 nitrogen and oxygen atoms in total. The van der Waals surface area contributed by atoms with E-state index in [9.17, 15) is 9.59 Å². The third-order valence-electron chi connectivity index (χ3n) is 4.80. The largest absolute Gasteiger partial charge is 0.340 e. The highest BCUT2D eigenvalue weighted by atomic mass is 35.5. The first kappa shape index (κ1) is 21.7. The molecule has 1 fully saturated rings. The van der Waals surface area contributed by atoms with Crippen LogP contribution >= 0.6 is 22.9 Å². The Kier molecular flexibility index (Phi) is 7.64. The van der Waals surface area contributed by atoms with Gasteiger partial charge in [0.05, 0.1) is 6.54 Å². The number of rotatable bonds is 7. The summed E-state index contributed by atoms with van der Waals surface area (Å²) in [6.45, 7) is 7.20. The van der Waals surface area contributed by atoms with Crippen molar-refractivity contribution in [2.24, 2.45) is 5.92 Å². The number of nitrogens with one attached hydrogen (secondary N) is 1. The Balaban J connectivity index is 1.44. The summed E-state index contributed by atoms with van der Waals surface area (Å²) in [5, 5.41) is 4.22. The summed E-state index contributed by atoms with van der Waals surface area (Å²) in [5.74, 6) is 0.496. The van der Waals surface area contributed by atoms with Gasteiger partial charge >= 0.3 is 0 Å². The van der Waals surface area contributed by atoms with Gasteiger partial charge in [-0.3, -0.25) is 14.5 Å². The van der Waals surface area contributed by atoms with E-state index < -0.39 is 0 Å². The van der Waals surface area contributed by atoms with Crippen molar-refractivity contribution < 1.29 is 9.59 Å². The Morgan fingerprint density at radius 3 is 2.62 bits per heavy atom. The number of aromatic nitrogens is 1. The summed E-state index contributed by atoms with van der Waals surface area (Å²) in [7, 11) is 0. The highest BCUT2D eigenvalue weighted by molar-refractivity contribution is 7.15. The molecule has 156 valence electrons. The summed E-state index contributed by atoms with van der Waals surface area (Å²) >= 11 is 7.68. The SMILES string of the molecule is CC(C)CC(=O)N1CCN(CC(=O)Nc2ncc(Cc3ccccc3Cl)s2)CC1. The van der Waals surface area contributed by atoms with Gasteiger partial charge in [0.1, 0.15) is 0 Å². The molecule has 2 amide bonds. The maximum Gasteiger partial charge on any atom is 0.240 e. The van der Waals surface area contributed by atoms with Crippen LogP contribution in [-0.2, 0) is 16.0 Å². The summed E-state index contributed by atoms with van der Waals surface area (Å²) in [5.41, 5.74) is 1.04. The number of halogens is 1. The Labute approximate surface area is 180 Å². The van der Waals surface area contributed by atoms with Crippen molar-refractivity contribution >= 4 is 39.9 Å². The third-order valence-corrected chi connectivity index (χ3v) is 6.08. The second kappa shape index (κ2) is 10.2. The van der Waals surface area contributed by atoms with Gasteiger partial charge in [-0.2, -0.15) is 0 Å². The maximum atomic E-state index is 12.4. The molecule has 29 heavy (non-hydrogen) atoms. The van der Waals surface area contributed by atoms with Crippen molar-refractivity contribution in [3.63, 3.8) is 0 Å². The van der Waals surface area contributed by atoms with Gasteiger partial charge < -0.3 is 10.2 Å². The standard InChI is InChI=1S/C21H27ClN4O2S/c1-15(2)11-20(28)26-9-7-25(8-10-26)14-19(27)24-21-23-13-17(29-21)12-16-5-3-4-6-18(16)22/h3-6,13,15H,7-12,14H2,1-2H3,(H,23,24,27). The van der Waals surface area contributed by atoms with Crippen LogP contribution in [-0.4, -0.2) is 59.3 Å². The second-order valence-electron chi connectivity index (χ2n) is 7.70. The third kappa shape index (κ3) is 6.52. The number of thiazole rings is 1. The highest BCUT2D eigenvalue weighted by Gasteiger charge is 2.23. The van der Waals surface area contributed by atoms with E-state index in [-0.39, 0.29) is 11.8 Å². The van der Waals surface area contributed by atoms with Gasteiger partial charge in [-0.1, -0.05) is 43.6 Å². The molecule has 1 N–H and O–H groups in total. The molecule has 1 saturated heterocycles. The molecule has 0 spiro atoms. The van der Waals surface area contributed by atoms with Crippen LogP contribution in [0.2, 0.25) is 5.02 Å². The predicted molar refractivity (Wildman–Crippen MR) is 117 cm³/mol. The van der Waals surface area contributed by atoms with Crippen molar-refractivity contribution in [3.8, 4) is 0 Å². The molecule has 0 aliphatic carbocycles. The average molecular weight is 435 g/mol. The number of carbonyl (C=O) groups is 2. The van der Waals surface area contributed by atoms with E-state index in [0.29, 0.717) is 56.6 Å². The molecule has 1 aromatic heterocycles. The normalized spacial score (nSPS) is 15.0. The lowest BCUT2D eigenvalue weighted by Crippen LogP contribution is -2.50. The van der Waals surface area contributed by atoms with Gasteiger partial charge in [-0.25, -0.2) is 4.98 Å². The molecular weight excluding hydrogens is 408 g/mol. The molecule has 2 aromatic rings. The van der Waals surface area contributed by atoms with Gasteiger partial charge in [0.25, 0.3) is 0 Å². The zero-order valence-electron chi connectivity index (χ0n) is 16.9. The predicted octanol–water partition coefficient (Wildman–Crippen LogP) is 3.52. The van der Waals surface area contributed by atoms with E-state index in [0.717, 1.165) is 15.5 Å². The lowest BCUT2D eigenvalue weighted by atomic mass is 10.1. The van der Waals surface area contributed by atoms with Crippen LogP contribution in [0.3, 0.4) is 0 Å². The summed E-state index contributed by atoms with van der Waals surface area (Å²) in [4.78, 5) is 33.9. The van der Waals surface area contributed by atoms with E-state index >= 15 is 0 Å². The van der Waals surface area contributed by atoms with Crippen LogP contribution in [0.25, 0.3) is 0 Å². The summed E-state index contributed by atoms with van der Waals surface area (Å²) < 4.78 is 0. The molecule has 0 radical (unpaired) electrons. The maximum absolute atomic E-state index is 12.4. The van der Waals surface area contributed by atoms with Crippen LogP contribution in [0.1, 0.15) is 30.7 Å². The Hall–Kier alpha value is -1.96. The van der Waals surface area contributed by atoms with Crippen LogP contribution < -0.4 is 5.32 Å². The van der Waals surface area contributed by atoms with Crippen LogP contribution in [0, 0.1) is 5.92 Å². The van der Waals surface area contributed by atoms with Crippen molar-refractivity contribution in [2.45, 2.75) is 26.7 Å². The van der Waals surface area contributed by atoms with Gasteiger partial charge in [0, 0.05) is 55.1 Å². The first-order chi connectivity index (χ1) is 13.9. The van der Waals surface area contributed by atoms with Gasteiger partial charge in [-0.15, -0.1) is 11.3 Å². The second-order valence-corrected chi connectivity index (χ2v) is 9.23. The minimum Gasteiger partial charge on any atom is -0.340 e. The zero-order chi connectivity index (χ0) is 20.8. The number of amides is 2. The molecule has 1 aromatic carbocycles. The minimum atomic E-state index is -0.0781. The van der Waals surface area contributed by atoms with Crippen molar-refractivity contribution in [1.82, 2.24) is 14.8 Å². The van der Waals surface area contributed by atoms with Crippen molar-refractivity contribution in [2.75, 3.05) is 38.0 Å². The smallest absolute Gasteiger partial charge is 0.240 e. The summed E-state index contributed by atoms with van der Waals surface area (Å²) in [6.07, 6.45) is 3.06. The van der Waals surface area contributed by atoms with Crippen LogP contribution in [0.15, 0.2) is 30.5 Å². The van der Waals surface area contributed by atoms with Gasteiger partial charge in [0.15, 0.2) is 5.13 Å². The van der Waals surface area contributed by atoms with Crippen molar-refractivity contribution in [1.29, 1.82) is 0 Å². The highest BCUT2D eigenvalue weighted by Crippen LogP contribution is 2.24. The van der Waals surface area contributed by atoms with Gasteiger partial charge in [0.2, 0.25) is 11.8 Å². The lowest BCUT2D eigenvalue weighted by molar-refractivity contribution is -0.133. The molecule has 2 heterocycles. The van der Waals surface area contributed by atoms with E-state index in [1.807, 2.05) is 29.2 Å². The quantitative estimate of drug-likeness (QED) is 0.724.